The zero-order valence-electron chi connectivity index (χ0n) is 29.6. The molecule has 0 amide bonds. The van der Waals surface area contributed by atoms with Gasteiger partial charge in [0, 0.05) is 12.8 Å². The van der Waals surface area contributed by atoms with Crippen molar-refractivity contribution < 1.29 is 56.8 Å². The van der Waals surface area contributed by atoms with Crippen LogP contribution in [0.25, 0.3) is 0 Å². The van der Waals surface area contributed by atoms with Crippen LogP contribution in [-0.2, 0) is 38.7 Å². The van der Waals surface area contributed by atoms with Gasteiger partial charge in [0.15, 0.2) is 12.4 Å². The average Bonchev–Trinajstić information content (AvgIpc) is 3.04. The Labute approximate surface area is 289 Å². The minimum Gasteiger partial charge on any atom is -0.462 e. The lowest BCUT2D eigenvalue weighted by Gasteiger charge is -2.40. The Morgan fingerprint density at radius 1 is 0.625 bits per heavy atom. The Balaban J connectivity index is 2.50. The zero-order valence-corrected chi connectivity index (χ0v) is 30.4. The third kappa shape index (κ3) is 22.4. The van der Waals surface area contributed by atoms with Crippen molar-refractivity contribution in [2.45, 2.75) is 192 Å². The Morgan fingerprint density at radius 2 is 1.06 bits per heavy atom. The van der Waals surface area contributed by atoms with Crippen molar-refractivity contribution in [3.05, 3.63) is 0 Å². The Morgan fingerprint density at radius 3 is 1.52 bits per heavy atom. The molecule has 1 heterocycles. The molecule has 284 valence electrons. The SMILES string of the molecule is CCCCCCCCCCCCCCCC(=O)OC[C@H](CO[C@@H]1O[C@H](CS(=O)(=O)O)[C@@H](O)[C@H](O)[C@H]1O)OC(=O)CCCCCCCCC. The molecule has 1 aliphatic rings. The van der Waals surface area contributed by atoms with Crippen LogP contribution < -0.4 is 0 Å². The van der Waals surface area contributed by atoms with Gasteiger partial charge < -0.3 is 34.3 Å². The van der Waals surface area contributed by atoms with Crippen LogP contribution in [0.4, 0.5) is 0 Å². The number of aliphatic hydroxyl groups excluding tert-OH is 3. The molecule has 0 unspecified atom stereocenters. The second-order valence-corrected chi connectivity index (χ2v) is 14.8. The van der Waals surface area contributed by atoms with Crippen LogP contribution in [0.2, 0.25) is 0 Å². The number of unbranched alkanes of at least 4 members (excludes halogenated alkanes) is 18. The van der Waals surface area contributed by atoms with E-state index in [1.807, 2.05) is 0 Å². The van der Waals surface area contributed by atoms with E-state index in [9.17, 15) is 33.3 Å². The van der Waals surface area contributed by atoms with Crippen molar-refractivity contribution in [3.8, 4) is 0 Å². The summed E-state index contributed by atoms with van der Waals surface area (Å²) in [4.78, 5) is 25.1. The number of hydrogen-bond donors (Lipinski definition) is 4. The highest BCUT2D eigenvalue weighted by atomic mass is 32.2. The van der Waals surface area contributed by atoms with Crippen LogP contribution in [0.5, 0.6) is 0 Å². The van der Waals surface area contributed by atoms with E-state index in [4.69, 9.17) is 23.5 Å². The fourth-order valence-corrected chi connectivity index (χ4v) is 6.43. The first-order valence-electron chi connectivity index (χ1n) is 18.6. The standard InChI is InChI=1S/C35H66O12S/c1-3-5-7-9-11-12-13-14-15-16-18-19-21-23-30(36)44-25-28(46-31(37)24-22-20-17-10-8-6-4-2)26-45-35-34(40)33(39)32(38)29(47-35)27-48(41,42)43/h28-29,32-35,38-40H,3-27H2,1-2H3,(H,41,42,43)/t28-,29-,32-,33+,34-,35-/m1/s1. The van der Waals surface area contributed by atoms with E-state index < -0.39 is 71.2 Å². The molecule has 12 nitrogen and oxygen atoms in total. The smallest absolute Gasteiger partial charge is 0.306 e. The molecule has 0 aromatic carbocycles. The Bertz CT molecular complexity index is 931. The van der Waals surface area contributed by atoms with E-state index in [0.29, 0.717) is 12.8 Å². The molecule has 0 spiro atoms. The van der Waals surface area contributed by atoms with Gasteiger partial charge in [0.05, 0.1) is 6.61 Å². The molecule has 0 aliphatic carbocycles. The maximum atomic E-state index is 12.6. The molecule has 0 radical (unpaired) electrons. The molecule has 48 heavy (non-hydrogen) atoms. The van der Waals surface area contributed by atoms with Crippen molar-refractivity contribution in [2.75, 3.05) is 19.0 Å². The topological polar surface area (TPSA) is 186 Å². The van der Waals surface area contributed by atoms with Crippen LogP contribution >= 0.6 is 0 Å². The average molecular weight is 711 g/mol. The zero-order chi connectivity index (χ0) is 35.6. The Kier molecular flexibility index (Phi) is 25.5. The molecule has 6 atom stereocenters. The highest BCUT2D eigenvalue weighted by Crippen LogP contribution is 2.24. The molecule has 1 fully saturated rings. The molecule has 4 N–H and O–H groups in total. The molecular formula is C35H66O12S. The van der Waals surface area contributed by atoms with Gasteiger partial charge in [-0.05, 0) is 12.8 Å². The molecule has 0 bridgehead atoms. The number of rotatable bonds is 30. The minimum absolute atomic E-state index is 0.168. The van der Waals surface area contributed by atoms with Crippen molar-refractivity contribution >= 4 is 22.1 Å². The molecule has 1 saturated heterocycles. The highest BCUT2D eigenvalue weighted by Gasteiger charge is 2.46. The normalized spacial score (nSPS) is 22.0. The van der Waals surface area contributed by atoms with Gasteiger partial charge in [-0.3, -0.25) is 14.1 Å². The monoisotopic (exact) mass is 710 g/mol. The van der Waals surface area contributed by atoms with Gasteiger partial charge in [-0.1, -0.05) is 129 Å². The van der Waals surface area contributed by atoms with Crippen molar-refractivity contribution in [1.29, 1.82) is 0 Å². The molecule has 1 aliphatic heterocycles. The molecule has 1 rings (SSSR count). The second-order valence-electron chi connectivity index (χ2n) is 13.3. The van der Waals surface area contributed by atoms with Gasteiger partial charge in [-0.15, -0.1) is 0 Å². The van der Waals surface area contributed by atoms with Crippen LogP contribution in [0.3, 0.4) is 0 Å². The highest BCUT2D eigenvalue weighted by molar-refractivity contribution is 7.85. The van der Waals surface area contributed by atoms with Gasteiger partial charge in [0.1, 0.15) is 36.8 Å². The van der Waals surface area contributed by atoms with E-state index in [2.05, 4.69) is 13.8 Å². The first kappa shape index (κ1) is 44.7. The molecule has 0 saturated carbocycles. The summed E-state index contributed by atoms with van der Waals surface area (Å²) in [5.41, 5.74) is 0. The first-order valence-corrected chi connectivity index (χ1v) is 20.2. The van der Waals surface area contributed by atoms with Crippen LogP contribution in [0.15, 0.2) is 0 Å². The summed E-state index contributed by atoms with van der Waals surface area (Å²) in [6, 6.07) is 0. The van der Waals surface area contributed by atoms with Gasteiger partial charge in [-0.25, -0.2) is 0 Å². The number of carbonyl (C=O) groups excluding carboxylic acids is 2. The third-order valence-corrected chi connectivity index (χ3v) is 9.44. The maximum Gasteiger partial charge on any atom is 0.306 e. The van der Waals surface area contributed by atoms with E-state index in [0.717, 1.165) is 51.4 Å². The van der Waals surface area contributed by atoms with Crippen molar-refractivity contribution in [1.82, 2.24) is 0 Å². The Hall–Kier alpha value is -1.35. The van der Waals surface area contributed by atoms with Crippen LogP contribution in [0, 0.1) is 0 Å². The number of ether oxygens (including phenoxy) is 4. The fraction of sp³-hybridized carbons (Fsp3) is 0.943. The van der Waals surface area contributed by atoms with E-state index in [-0.39, 0.29) is 19.4 Å². The minimum atomic E-state index is -4.59. The van der Waals surface area contributed by atoms with E-state index >= 15 is 0 Å². The predicted molar refractivity (Wildman–Crippen MR) is 183 cm³/mol. The third-order valence-electron chi connectivity index (χ3n) is 8.69. The van der Waals surface area contributed by atoms with E-state index in [1.165, 1.54) is 64.2 Å². The summed E-state index contributed by atoms with van der Waals surface area (Å²) < 4.78 is 53.6. The van der Waals surface area contributed by atoms with Gasteiger partial charge in [-0.2, -0.15) is 8.42 Å². The number of carbonyl (C=O) groups is 2. The summed E-state index contributed by atoms with van der Waals surface area (Å²) in [6.45, 7) is 3.67. The molecular weight excluding hydrogens is 644 g/mol. The lowest BCUT2D eigenvalue weighted by atomic mass is 10.00. The molecule has 13 heteroatoms. The maximum absolute atomic E-state index is 12.6. The second kappa shape index (κ2) is 27.4. The quantitative estimate of drug-likeness (QED) is 0.0401. The van der Waals surface area contributed by atoms with Crippen molar-refractivity contribution in [2.24, 2.45) is 0 Å². The van der Waals surface area contributed by atoms with E-state index in [1.54, 1.807) is 0 Å². The van der Waals surface area contributed by atoms with Gasteiger partial charge in [0.25, 0.3) is 10.1 Å². The number of hydrogen-bond acceptors (Lipinski definition) is 11. The van der Waals surface area contributed by atoms with Gasteiger partial charge in [0.2, 0.25) is 0 Å². The summed E-state index contributed by atoms with van der Waals surface area (Å²) in [5, 5.41) is 30.6. The predicted octanol–water partition coefficient (Wildman–Crippen LogP) is 5.78. The summed E-state index contributed by atoms with van der Waals surface area (Å²) in [5.74, 6) is -1.98. The number of esters is 2. The summed E-state index contributed by atoms with van der Waals surface area (Å²) in [7, 11) is -4.59. The largest absolute Gasteiger partial charge is 0.462 e. The fourth-order valence-electron chi connectivity index (χ4n) is 5.73. The first-order chi connectivity index (χ1) is 23.0. The molecule has 0 aromatic rings. The molecule has 0 aromatic heterocycles. The summed E-state index contributed by atoms with van der Waals surface area (Å²) in [6.07, 6.45) is 13.4. The van der Waals surface area contributed by atoms with Crippen LogP contribution in [0.1, 0.15) is 155 Å². The van der Waals surface area contributed by atoms with Crippen molar-refractivity contribution in [3.63, 3.8) is 0 Å². The lowest BCUT2D eigenvalue weighted by molar-refractivity contribution is -0.297. The van der Waals surface area contributed by atoms with Crippen LogP contribution in [-0.4, -0.2) is 96.0 Å². The summed E-state index contributed by atoms with van der Waals surface area (Å²) >= 11 is 0. The van der Waals surface area contributed by atoms with Gasteiger partial charge >= 0.3 is 11.9 Å². The number of aliphatic hydroxyl groups is 3. The lowest BCUT2D eigenvalue weighted by Crippen LogP contribution is -2.60.